The van der Waals surface area contributed by atoms with E-state index in [2.05, 4.69) is 4.90 Å². The molecule has 0 unspecified atom stereocenters. The van der Waals surface area contributed by atoms with Gasteiger partial charge in [-0.05, 0) is 46.3 Å². The van der Waals surface area contributed by atoms with E-state index < -0.39 is 0 Å². The molecule has 1 fully saturated rings. The van der Waals surface area contributed by atoms with Gasteiger partial charge in [-0.15, -0.1) is 12.4 Å². The number of carbonyl (C=O) groups is 1. The van der Waals surface area contributed by atoms with Crippen molar-refractivity contribution in [3.63, 3.8) is 0 Å². The summed E-state index contributed by atoms with van der Waals surface area (Å²) in [5, 5.41) is 1.93. The number of hydrogen-bond donors (Lipinski definition) is 0. The van der Waals surface area contributed by atoms with Gasteiger partial charge < -0.3 is 28.6 Å². The van der Waals surface area contributed by atoms with Gasteiger partial charge in [0.2, 0.25) is 13.6 Å². The Morgan fingerprint density at radius 2 is 1.60 bits per heavy atom. The first-order chi connectivity index (χ1) is 16.8. The zero-order valence-corrected chi connectivity index (χ0v) is 19.9. The summed E-state index contributed by atoms with van der Waals surface area (Å²) in [7, 11) is 0. The third-order valence-electron chi connectivity index (χ3n) is 7.07. The first kappa shape index (κ1) is 22.3. The molecule has 7 rings (SSSR count). The number of halogens is 1. The molecule has 35 heavy (non-hydrogen) atoms. The Morgan fingerprint density at radius 1 is 0.829 bits per heavy atom. The topological polar surface area (TPSA) is 69.7 Å². The minimum absolute atomic E-state index is 0. The number of ether oxygens (including phenoxy) is 5. The molecular weight excluding hydrogens is 472 g/mol. The van der Waals surface area contributed by atoms with Crippen LogP contribution >= 0.6 is 12.4 Å². The number of morpholine rings is 1. The molecule has 3 aromatic carbocycles. The van der Waals surface area contributed by atoms with Crippen molar-refractivity contribution < 1.29 is 28.5 Å². The Balaban J connectivity index is 0.00000229. The lowest BCUT2D eigenvalue weighted by atomic mass is 9.90. The molecule has 8 nitrogen and oxygen atoms in total. The van der Waals surface area contributed by atoms with Crippen molar-refractivity contribution in [1.82, 2.24) is 9.80 Å². The summed E-state index contributed by atoms with van der Waals surface area (Å²) in [5.41, 5.74) is 3.73. The highest BCUT2D eigenvalue weighted by atomic mass is 35.5. The van der Waals surface area contributed by atoms with E-state index in [4.69, 9.17) is 23.7 Å². The van der Waals surface area contributed by atoms with Crippen molar-refractivity contribution in [2.24, 2.45) is 0 Å². The Morgan fingerprint density at radius 3 is 2.49 bits per heavy atom. The van der Waals surface area contributed by atoms with E-state index in [-0.39, 0.29) is 31.9 Å². The zero-order valence-electron chi connectivity index (χ0n) is 19.1. The molecule has 0 saturated carbocycles. The van der Waals surface area contributed by atoms with Crippen LogP contribution in [0.1, 0.15) is 15.9 Å². The van der Waals surface area contributed by atoms with Crippen LogP contribution in [0.3, 0.4) is 0 Å². The van der Waals surface area contributed by atoms with Crippen LogP contribution in [0.15, 0.2) is 36.4 Å². The highest BCUT2D eigenvalue weighted by molar-refractivity contribution is 6.11. The quantitative estimate of drug-likeness (QED) is 0.546. The Hall–Kier alpha value is -3.20. The lowest BCUT2D eigenvalue weighted by Gasteiger charge is -2.28. The molecular formula is C26H25ClN2O6. The molecule has 0 atom stereocenters. The van der Waals surface area contributed by atoms with Gasteiger partial charge in [0.05, 0.1) is 13.2 Å². The predicted octanol–water partition coefficient (Wildman–Crippen LogP) is 3.67. The predicted molar refractivity (Wildman–Crippen MR) is 131 cm³/mol. The van der Waals surface area contributed by atoms with E-state index in [1.807, 2.05) is 41.3 Å². The number of nitrogens with zero attached hydrogens (tertiary/aromatic N) is 2. The summed E-state index contributed by atoms with van der Waals surface area (Å²) < 4.78 is 28.2. The number of amides is 1. The van der Waals surface area contributed by atoms with Crippen LogP contribution in [0.4, 0.5) is 0 Å². The molecule has 0 bridgehead atoms. The molecule has 182 valence electrons. The van der Waals surface area contributed by atoms with Crippen molar-refractivity contribution in [2.75, 3.05) is 53.0 Å². The van der Waals surface area contributed by atoms with Gasteiger partial charge in [0.25, 0.3) is 5.91 Å². The smallest absolute Gasteiger partial charge is 0.254 e. The number of hydrogen-bond acceptors (Lipinski definition) is 7. The lowest BCUT2D eigenvalue weighted by Crippen LogP contribution is -2.41. The van der Waals surface area contributed by atoms with Gasteiger partial charge in [-0.1, -0.05) is 12.1 Å². The first-order valence-corrected chi connectivity index (χ1v) is 11.6. The molecule has 0 radical (unpaired) electrons. The average Bonchev–Trinajstić information content (AvgIpc) is 3.61. The monoisotopic (exact) mass is 496 g/mol. The Labute approximate surface area is 208 Å². The van der Waals surface area contributed by atoms with Crippen LogP contribution in [-0.4, -0.2) is 68.7 Å². The number of carbonyl (C=O) groups excluding carboxylic acids is 1. The molecule has 4 aliphatic rings. The van der Waals surface area contributed by atoms with Crippen LogP contribution in [-0.2, 0) is 11.3 Å². The molecule has 0 spiro atoms. The molecule has 1 amide bonds. The van der Waals surface area contributed by atoms with Crippen molar-refractivity contribution in [2.45, 2.75) is 6.54 Å². The average molecular weight is 497 g/mol. The van der Waals surface area contributed by atoms with Crippen LogP contribution in [0.2, 0.25) is 0 Å². The maximum Gasteiger partial charge on any atom is 0.254 e. The van der Waals surface area contributed by atoms with Crippen molar-refractivity contribution in [1.29, 1.82) is 0 Å². The van der Waals surface area contributed by atoms with Crippen molar-refractivity contribution >= 4 is 29.1 Å². The maximum absolute atomic E-state index is 13.5. The van der Waals surface area contributed by atoms with Gasteiger partial charge in [-0.25, -0.2) is 0 Å². The maximum atomic E-state index is 13.5. The van der Waals surface area contributed by atoms with Gasteiger partial charge in [-0.3, -0.25) is 9.69 Å². The molecule has 4 heterocycles. The summed E-state index contributed by atoms with van der Waals surface area (Å²) in [6.07, 6.45) is 0. The van der Waals surface area contributed by atoms with Crippen molar-refractivity contribution in [3.8, 4) is 34.1 Å². The van der Waals surface area contributed by atoms with E-state index in [0.29, 0.717) is 18.8 Å². The number of benzene rings is 3. The van der Waals surface area contributed by atoms with E-state index in [1.54, 1.807) is 0 Å². The second-order valence-electron chi connectivity index (χ2n) is 8.92. The molecule has 0 aliphatic carbocycles. The fraction of sp³-hybridized carbons (Fsp3) is 0.346. The molecule has 0 N–H and O–H groups in total. The standard InChI is InChI=1S/C26H24N2O6.ClH/c29-26-18-11-16-2-4-21-25(34-15-32-21)24(16)23(17-1-3-20-22(12-17)33-14-31-20)19(18)13-28(26)6-5-27-7-9-30-10-8-27;/h1-4,11-12H,5-10,13-15H2;1H. The minimum atomic E-state index is 0. The highest BCUT2D eigenvalue weighted by Crippen LogP contribution is 2.49. The third kappa shape index (κ3) is 3.64. The van der Waals surface area contributed by atoms with E-state index >= 15 is 0 Å². The van der Waals surface area contributed by atoms with E-state index in [0.717, 1.165) is 83.1 Å². The molecule has 1 saturated heterocycles. The number of fused-ring (bicyclic) bond motifs is 5. The number of rotatable bonds is 4. The van der Waals surface area contributed by atoms with Gasteiger partial charge in [0, 0.05) is 43.7 Å². The van der Waals surface area contributed by atoms with Crippen LogP contribution in [0, 0.1) is 0 Å². The lowest BCUT2D eigenvalue weighted by molar-refractivity contribution is 0.0328. The largest absolute Gasteiger partial charge is 0.454 e. The molecule has 3 aromatic rings. The summed E-state index contributed by atoms with van der Waals surface area (Å²) in [6.45, 7) is 5.81. The fourth-order valence-electron chi connectivity index (χ4n) is 5.32. The molecule has 4 aliphatic heterocycles. The zero-order chi connectivity index (χ0) is 22.6. The molecule has 9 heteroatoms. The second-order valence-corrected chi connectivity index (χ2v) is 8.92. The van der Waals surface area contributed by atoms with E-state index in [9.17, 15) is 4.79 Å². The molecule has 0 aromatic heterocycles. The Kier molecular flexibility index (Phi) is 5.59. The van der Waals surface area contributed by atoms with Gasteiger partial charge in [0.15, 0.2) is 23.0 Å². The van der Waals surface area contributed by atoms with Crippen LogP contribution in [0.25, 0.3) is 21.9 Å². The summed E-state index contributed by atoms with van der Waals surface area (Å²) in [5.74, 6) is 2.97. The third-order valence-corrected chi connectivity index (χ3v) is 7.07. The fourth-order valence-corrected chi connectivity index (χ4v) is 5.32. The Bertz CT molecular complexity index is 1320. The normalized spacial score (nSPS) is 18.2. The minimum Gasteiger partial charge on any atom is -0.454 e. The second kappa shape index (κ2) is 8.78. The summed E-state index contributed by atoms with van der Waals surface area (Å²) >= 11 is 0. The van der Waals surface area contributed by atoms with Crippen molar-refractivity contribution in [3.05, 3.63) is 47.5 Å². The van der Waals surface area contributed by atoms with E-state index in [1.165, 1.54) is 0 Å². The van der Waals surface area contributed by atoms with Crippen LogP contribution < -0.4 is 18.9 Å². The van der Waals surface area contributed by atoms with Gasteiger partial charge >= 0.3 is 0 Å². The summed E-state index contributed by atoms with van der Waals surface area (Å²) in [6, 6.07) is 11.9. The first-order valence-electron chi connectivity index (χ1n) is 11.6. The highest BCUT2D eigenvalue weighted by Gasteiger charge is 2.34. The summed E-state index contributed by atoms with van der Waals surface area (Å²) in [4.78, 5) is 17.8. The van der Waals surface area contributed by atoms with Gasteiger partial charge in [-0.2, -0.15) is 0 Å². The SMILES string of the molecule is Cl.O=C1c2cc3ccc4c(c3c(-c3ccc5c(c3)OCO5)c2CN1CCN1CCOCC1)OCO4. The van der Waals surface area contributed by atoms with Crippen LogP contribution in [0.5, 0.6) is 23.0 Å². The van der Waals surface area contributed by atoms with Gasteiger partial charge in [0.1, 0.15) is 0 Å².